The highest BCUT2D eigenvalue weighted by molar-refractivity contribution is 5.92. The molecule has 2 heterocycles. The number of hydrogen-bond acceptors (Lipinski definition) is 5. The van der Waals surface area contributed by atoms with Gasteiger partial charge in [0.2, 0.25) is 5.91 Å². The Labute approximate surface area is 188 Å². The topological polar surface area (TPSA) is 54.0 Å². The lowest BCUT2D eigenvalue weighted by Gasteiger charge is -2.34. The number of piperazine rings is 1. The quantitative estimate of drug-likeness (QED) is 0.667. The number of amides is 1. The minimum atomic E-state index is 0.00185. The Morgan fingerprint density at radius 1 is 0.844 bits per heavy atom. The van der Waals surface area contributed by atoms with Crippen LogP contribution in [0, 0.1) is 0 Å². The molecule has 3 aromatic rings. The Kier molecular flexibility index (Phi) is 6.23. The largest absolute Gasteiger partial charge is 0.490 e. The van der Waals surface area contributed by atoms with Crippen LogP contribution in [0.25, 0.3) is 10.8 Å². The maximum atomic E-state index is 12.6. The molecule has 2 aliphatic heterocycles. The molecule has 1 N–H and O–H groups in total. The molecule has 3 aromatic carbocycles. The third-order valence-corrected chi connectivity index (χ3v) is 6.14. The minimum absolute atomic E-state index is 0.00185. The molecule has 166 valence electrons. The van der Waals surface area contributed by atoms with Crippen molar-refractivity contribution in [3.63, 3.8) is 0 Å². The van der Waals surface area contributed by atoms with Crippen LogP contribution in [-0.4, -0.2) is 61.6 Å². The predicted octanol–water partition coefficient (Wildman–Crippen LogP) is 3.76. The van der Waals surface area contributed by atoms with E-state index in [1.807, 2.05) is 18.2 Å². The van der Waals surface area contributed by atoms with Crippen molar-refractivity contribution in [2.24, 2.45) is 0 Å². The van der Waals surface area contributed by atoms with Gasteiger partial charge in [0.1, 0.15) is 0 Å². The van der Waals surface area contributed by atoms with E-state index >= 15 is 0 Å². The van der Waals surface area contributed by atoms with Crippen molar-refractivity contribution in [3.05, 3.63) is 66.2 Å². The zero-order chi connectivity index (χ0) is 21.8. The Bertz CT molecular complexity index is 1090. The first-order valence-electron chi connectivity index (χ1n) is 11.4. The SMILES string of the molecule is O=C(CN1CCN(Cc2cccc3ccccc23)CC1)Nc1ccc2c(c1)OCCCO2. The molecule has 5 rings (SSSR count). The molecule has 1 saturated heterocycles. The molecule has 0 radical (unpaired) electrons. The summed E-state index contributed by atoms with van der Waals surface area (Å²) in [4.78, 5) is 17.3. The van der Waals surface area contributed by atoms with Crippen molar-refractivity contribution < 1.29 is 14.3 Å². The van der Waals surface area contributed by atoms with Crippen molar-refractivity contribution in [2.45, 2.75) is 13.0 Å². The van der Waals surface area contributed by atoms with Crippen LogP contribution < -0.4 is 14.8 Å². The standard InChI is InChI=1S/C26H29N3O3/c30-26(27-22-9-10-24-25(17-22)32-16-4-15-31-24)19-29-13-11-28(12-14-29)18-21-7-3-6-20-5-1-2-8-23(20)21/h1-3,5-10,17H,4,11-16,18-19H2,(H,27,30). The Morgan fingerprint density at radius 3 is 2.47 bits per heavy atom. The molecule has 0 aliphatic carbocycles. The highest BCUT2D eigenvalue weighted by Gasteiger charge is 2.20. The molecule has 1 amide bonds. The van der Waals surface area contributed by atoms with Gasteiger partial charge in [-0.3, -0.25) is 14.6 Å². The van der Waals surface area contributed by atoms with Crippen molar-refractivity contribution in [1.29, 1.82) is 0 Å². The highest BCUT2D eigenvalue weighted by atomic mass is 16.5. The number of carbonyl (C=O) groups excluding carboxylic acids is 1. The number of fused-ring (bicyclic) bond motifs is 2. The fraction of sp³-hybridized carbons (Fsp3) is 0.346. The molecule has 0 saturated carbocycles. The first-order chi connectivity index (χ1) is 15.7. The third-order valence-electron chi connectivity index (χ3n) is 6.14. The zero-order valence-corrected chi connectivity index (χ0v) is 18.3. The van der Waals surface area contributed by atoms with Gasteiger partial charge < -0.3 is 14.8 Å². The summed E-state index contributed by atoms with van der Waals surface area (Å²) in [5.74, 6) is 1.44. The van der Waals surface area contributed by atoms with Gasteiger partial charge in [-0.25, -0.2) is 0 Å². The Hall–Kier alpha value is -3.09. The van der Waals surface area contributed by atoms with Crippen LogP contribution in [0.2, 0.25) is 0 Å². The summed E-state index contributed by atoms with van der Waals surface area (Å²) in [5.41, 5.74) is 2.11. The van der Waals surface area contributed by atoms with Crippen molar-refractivity contribution in [3.8, 4) is 11.5 Å². The van der Waals surface area contributed by atoms with Crippen molar-refractivity contribution >= 4 is 22.4 Å². The molecule has 32 heavy (non-hydrogen) atoms. The number of benzene rings is 3. The van der Waals surface area contributed by atoms with E-state index in [1.165, 1.54) is 16.3 Å². The number of nitrogens with one attached hydrogen (secondary N) is 1. The van der Waals surface area contributed by atoms with Gasteiger partial charge in [-0.1, -0.05) is 42.5 Å². The molecule has 6 heteroatoms. The van der Waals surface area contributed by atoms with Crippen LogP contribution >= 0.6 is 0 Å². The maximum Gasteiger partial charge on any atom is 0.238 e. The number of rotatable bonds is 5. The van der Waals surface area contributed by atoms with Gasteiger partial charge in [0.15, 0.2) is 11.5 Å². The summed E-state index contributed by atoms with van der Waals surface area (Å²) in [7, 11) is 0. The summed E-state index contributed by atoms with van der Waals surface area (Å²) in [6.45, 7) is 6.33. The van der Waals surface area contributed by atoms with Crippen LogP contribution in [0.3, 0.4) is 0 Å². The minimum Gasteiger partial charge on any atom is -0.490 e. The third kappa shape index (κ3) is 4.87. The van der Waals surface area contributed by atoms with E-state index in [1.54, 1.807) is 0 Å². The molecule has 0 unspecified atom stereocenters. The second-order valence-corrected chi connectivity index (χ2v) is 8.45. The van der Waals surface area contributed by atoms with Crippen LogP contribution in [0.4, 0.5) is 5.69 Å². The number of carbonyl (C=O) groups is 1. The predicted molar refractivity (Wildman–Crippen MR) is 126 cm³/mol. The second-order valence-electron chi connectivity index (χ2n) is 8.45. The van der Waals surface area contributed by atoms with Gasteiger partial charge >= 0.3 is 0 Å². The highest BCUT2D eigenvalue weighted by Crippen LogP contribution is 2.32. The molecule has 2 aliphatic rings. The van der Waals surface area contributed by atoms with Gasteiger partial charge in [-0.2, -0.15) is 0 Å². The molecule has 0 aromatic heterocycles. The monoisotopic (exact) mass is 431 g/mol. The lowest BCUT2D eigenvalue weighted by atomic mass is 10.0. The normalized spacial score (nSPS) is 17.1. The van der Waals surface area contributed by atoms with E-state index in [0.717, 1.165) is 50.6 Å². The van der Waals surface area contributed by atoms with Crippen LogP contribution in [-0.2, 0) is 11.3 Å². The lowest BCUT2D eigenvalue weighted by molar-refractivity contribution is -0.117. The average molecular weight is 432 g/mol. The maximum absolute atomic E-state index is 12.6. The number of anilines is 1. The van der Waals surface area contributed by atoms with E-state index in [4.69, 9.17) is 9.47 Å². The molecule has 0 spiro atoms. The summed E-state index contributed by atoms with van der Waals surface area (Å²) in [5, 5.41) is 5.61. The van der Waals surface area contributed by atoms with Gasteiger partial charge in [0.05, 0.1) is 19.8 Å². The molecule has 6 nitrogen and oxygen atoms in total. The van der Waals surface area contributed by atoms with Gasteiger partial charge in [-0.15, -0.1) is 0 Å². The van der Waals surface area contributed by atoms with Gasteiger partial charge in [-0.05, 0) is 28.5 Å². The first kappa shape index (κ1) is 20.8. The van der Waals surface area contributed by atoms with E-state index in [9.17, 15) is 4.79 Å². The first-order valence-corrected chi connectivity index (χ1v) is 11.4. The van der Waals surface area contributed by atoms with Crippen LogP contribution in [0.5, 0.6) is 11.5 Å². The number of ether oxygens (including phenoxy) is 2. The number of nitrogens with zero attached hydrogens (tertiary/aromatic N) is 2. The summed E-state index contributed by atoms with van der Waals surface area (Å²) in [6, 6.07) is 20.7. The van der Waals surface area contributed by atoms with Crippen molar-refractivity contribution in [1.82, 2.24) is 9.80 Å². The van der Waals surface area contributed by atoms with Gasteiger partial charge in [0, 0.05) is 50.9 Å². The Balaban J connectivity index is 1.12. The van der Waals surface area contributed by atoms with Crippen LogP contribution in [0.15, 0.2) is 60.7 Å². The molecular weight excluding hydrogens is 402 g/mol. The van der Waals surface area contributed by atoms with Crippen LogP contribution in [0.1, 0.15) is 12.0 Å². The van der Waals surface area contributed by atoms with E-state index in [-0.39, 0.29) is 5.91 Å². The fourth-order valence-electron chi connectivity index (χ4n) is 4.42. The van der Waals surface area contributed by atoms with Gasteiger partial charge in [0.25, 0.3) is 0 Å². The summed E-state index contributed by atoms with van der Waals surface area (Å²) >= 11 is 0. The van der Waals surface area contributed by atoms with E-state index < -0.39 is 0 Å². The van der Waals surface area contributed by atoms with Crippen molar-refractivity contribution in [2.75, 3.05) is 51.3 Å². The van der Waals surface area contributed by atoms with E-state index in [2.05, 4.69) is 57.6 Å². The Morgan fingerprint density at radius 2 is 1.59 bits per heavy atom. The lowest BCUT2D eigenvalue weighted by Crippen LogP contribution is -2.48. The molecule has 0 bridgehead atoms. The summed E-state index contributed by atoms with van der Waals surface area (Å²) in [6.07, 6.45) is 0.864. The smallest absolute Gasteiger partial charge is 0.238 e. The fourth-order valence-corrected chi connectivity index (χ4v) is 4.42. The summed E-state index contributed by atoms with van der Waals surface area (Å²) < 4.78 is 11.4. The molecule has 1 fully saturated rings. The second kappa shape index (κ2) is 9.59. The molecular formula is C26H29N3O3. The number of hydrogen-bond donors (Lipinski definition) is 1. The zero-order valence-electron chi connectivity index (χ0n) is 18.3. The van der Waals surface area contributed by atoms with E-state index in [0.29, 0.717) is 25.5 Å². The molecule has 0 atom stereocenters. The average Bonchev–Trinajstić information content (AvgIpc) is 3.06.